The molecule has 1 aromatic carbocycles. The normalized spacial score (nSPS) is 12.8. The van der Waals surface area contributed by atoms with Gasteiger partial charge in [0.1, 0.15) is 11.5 Å². The van der Waals surface area contributed by atoms with Gasteiger partial charge < -0.3 is 23.4 Å². The van der Waals surface area contributed by atoms with Crippen molar-refractivity contribution in [1.82, 2.24) is 4.72 Å². The number of hydrogen-bond acceptors (Lipinski definition) is 7. The molecular weight excluding hydrogens is 482 g/mol. The molecule has 162 valence electrons. The second kappa shape index (κ2) is 9.87. The number of furan rings is 1. The lowest BCUT2D eigenvalue weighted by molar-refractivity contribution is 0.394. The van der Waals surface area contributed by atoms with Crippen molar-refractivity contribution in [2.24, 2.45) is 0 Å². The standard InChI is InChI=1S/C18H26BrNO7SSi/c1-24-12-8-11(9-13(10-12)25-2)16-15(21)18(27-29(3,4)5)17(26-16)14(19)6-7-20-28(22)23/h8-10,14,21,28H,6-7H2,1-5H3,(H,20,22,23). The highest BCUT2D eigenvalue weighted by Gasteiger charge is 2.31. The fraction of sp³-hybridized carbons (Fsp3) is 0.444. The van der Waals surface area contributed by atoms with Crippen LogP contribution in [-0.2, 0) is 10.9 Å². The minimum Gasteiger partial charge on any atom is -0.539 e. The second-order valence-corrected chi connectivity index (χ2v) is 13.6. The van der Waals surface area contributed by atoms with Crippen LogP contribution in [-0.4, -0.2) is 42.6 Å². The van der Waals surface area contributed by atoms with Crippen molar-refractivity contribution in [2.75, 3.05) is 20.8 Å². The highest BCUT2D eigenvalue weighted by molar-refractivity contribution is 9.09. The third-order valence-corrected chi connectivity index (χ3v) is 5.98. The van der Waals surface area contributed by atoms with Crippen molar-refractivity contribution in [3.8, 4) is 34.3 Å². The number of alkyl halides is 1. The molecule has 0 radical (unpaired) electrons. The molecule has 0 saturated carbocycles. The van der Waals surface area contributed by atoms with Gasteiger partial charge in [0.05, 0.1) is 19.0 Å². The van der Waals surface area contributed by atoms with E-state index in [1.54, 1.807) is 18.2 Å². The molecular formula is C18H26BrNO7SSi. The zero-order valence-electron chi connectivity index (χ0n) is 16.9. The largest absolute Gasteiger partial charge is 0.539 e. The van der Waals surface area contributed by atoms with Crippen LogP contribution in [0, 0.1) is 0 Å². The van der Waals surface area contributed by atoms with Crippen LogP contribution >= 0.6 is 15.9 Å². The minimum absolute atomic E-state index is 0.120. The molecule has 1 heterocycles. The van der Waals surface area contributed by atoms with E-state index in [-0.39, 0.29) is 28.6 Å². The first-order valence-corrected chi connectivity index (χ1v) is 14.4. The van der Waals surface area contributed by atoms with Gasteiger partial charge in [0, 0.05) is 18.2 Å². The van der Waals surface area contributed by atoms with E-state index in [1.807, 2.05) is 19.6 Å². The van der Waals surface area contributed by atoms with Gasteiger partial charge in [0.25, 0.3) is 0 Å². The predicted octanol–water partition coefficient (Wildman–Crippen LogP) is 3.83. The van der Waals surface area contributed by atoms with E-state index in [4.69, 9.17) is 18.3 Å². The topological polar surface area (TPSA) is 107 Å². The Kier molecular flexibility index (Phi) is 8.03. The smallest absolute Gasteiger partial charge is 0.242 e. The third kappa shape index (κ3) is 6.39. The van der Waals surface area contributed by atoms with Gasteiger partial charge in [-0.3, -0.25) is 0 Å². The highest BCUT2D eigenvalue weighted by atomic mass is 79.9. The van der Waals surface area contributed by atoms with E-state index in [9.17, 15) is 13.5 Å². The van der Waals surface area contributed by atoms with Crippen LogP contribution in [0.5, 0.6) is 23.0 Å². The van der Waals surface area contributed by atoms with Crippen molar-refractivity contribution < 1.29 is 31.8 Å². The minimum atomic E-state index is -2.68. The maximum Gasteiger partial charge on any atom is 0.242 e. The Balaban J connectivity index is 2.51. The van der Waals surface area contributed by atoms with Gasteiger partial charge in [-0.25, -0.2) is 13.1 Å². The molecule has 0 aliphatic rings. The maximum absolute atomic E-state index is 10.9. The Morgan fingerprint density at radius 1 is 1.17 bits per heavy atom. The molecule has 0 spiro atoms. The van der Waals surface area contributed by atoms with E-state index >= 15 is 0 Å². The maximum atomic E-state index is 10.9. The fourth-order valence-electron chi connectivity index (χ4n) is 2.58. The molecule has 0 aliphatic heterocycles. The number of nitrogens with one attached hydrogen (secondary N) is 1. The monoisotopic (exact) mass is 507 g/mol. The number of aromatic hydroxyl groups is 1. The zero-order valence-corrected chi connectivity index (χ0v) is 20.4. The van der Waals surface area contributed by atoms with E-state index in [1.165, 1.54) is 14.2 Å². The molecule has 8 nitrogen and oxygen atoms in total. The van der Waals surface area contributed by atoms with E-state index in [0.29, 0.717) is 29.2 Å². The van der Waals surface area contributed by atoms with Crippen LogP contribution in [0.3, 0.4) is 0 Å². The first-order valence-electron chi connectivity index (χ1n) is 8.85. The van der Waals surface area contributed by atoms with Crippen molar-refractivity contribution in [1.29, 1.82) is 0 Å². The number of benzene rings is 1. The average molecular weight is 508 g/mol. The van der Waals surface area contributed by atoms with Crippen molar-refractivity contribution in [3.63, 3.8) is 0 Å². The average Bonchev–Trinajstić information content (AvgIpc) is 2.96. The number of rotatable bonds is 10. The fourth-order valence-corrected chi connectivity index (χ4v) is 4.23. The number of thiol groups is 1. The van der Waals surface area contributed by atoms with Crippen LogP contribution in [0.2, 0.25) is 19.6 Å². The number of hydrogen-bond donors (Lipinski definition) is 3. The lowest BCUT2D eigenvalue weighted by atomic mass is 10.1. The summed E-state index contributed by atoms with van der Waals surface area (Å²) in [7, 11) is -1.69. The molecule has 0 aliphatic carbocycles. The summed E-state index contributed by atoms with van der Waals surface area (Å²) in [6.07, 6.45) is 0.402. The lowest BCUT2D eigenvalue weighted by Crippen LogP contribution is -2.29. The summed E-state index contributed by atoms with van der Waals surface area (Å²) in [6, 6.07) is 5.15. The van der Waals surface area contributed by atoms with Gasteiger partial charge in [-0.1, -0.05) is 15.9 Å². The Morgan fingerprint density at radius 3 is 2.24 bits per heavy atom. The first kappa shape index (κ1) is 23.6. The Hall–Kier alpha value is -1.69. The van der Waals surface area contributed by atoms with Crippen molar-refractivity contribution in [2.45, 2.75) is 30.9 Å². The summed E-state index contributed by atoms with van der Waals surface area (Å²) >= 11 is 3.52. The summed E-state index contributed by atoms with van der Waals surface area (Å²) in [5.41, 5.74) is 0.561. The van der Waals surface area contributed by atoms with Gasteiger partial charge in [-0.2, -0.15) is 0 Å². The summed E-state index contributed by atoms with van der Waals surface area (Å²) < 4.78 is 46.5. The van der Waals surface area contributed by atoms with Crippen LogP contribution < -0.4 is 18.6 Å². The molecule has 2 N–H and O–H groups in total. The van der Waals surface area contributed by atoms with Gasteiger partial charge in [0.2, 0.25) is 25.0 Å². The number of methoxy groups -OCH3 is 2. The van der Waals surface area contributed by atoms with Gasteiger partial charge in [0.15, 0.2) is 17.3 Å². The SMILES string of the molecule is COc1cc(OC)cc(-c2oc(C(Br)CCN[SH](=O)=O)c(O[Si](C)(C)C)c2O)c1. The van der Waals surface area contributed by atoms with Gasteiger partial charge in [-0.05, 0) is 38.2 Å². The molecule has 0 bridgehead atoms. The van der Waals surface area contributed by atoms with Crippen molar-refractivity contribution >= 4 is 35.1 Å². The molecule has 1 unspecified atom stereocenters. The molecule has 0 fully saturated rings. The van der Waals surface area contributed by atoms with Gasteiger partial charge >= 0.3 is 0 Å². The Bertz CT molecular complexity index is 893. The predicted molar refractivity (Wildman–Crippen MR) is 117 cm³/mol. The zero-order chi connectivity index (χ0) is 21.8. The summed E-state index contributed by atoms with van der Waals surface area (Å²) in [6.45, 7) is 6.18. The van der Waals surface area contributed by atoms with E-state index in [0.717, 1.165) is 0 Å². The van der Waals surface area contributed by atoms with E-state index < -0.39 is 19.2 Å². The first-order chi connectivity index (χ1) is 13.6. The molecule has 0 amide bonds. The molecule has 1 aromatic heterocycles. The van der Waals surface area contributed by atoms with Crippen LogP contribution in [0.15, 0.2) is 22.6 Å². The van der Waals surface area contributed by atoms with Crippen LogP contribution in [0.4, 0.5) is 0 Å². The number of halogens is 1. The van der Waals surface area contributed by atoms with Crippen LogP contribution in [0.25, 0.3) is 11.3 Å². The van der Waals surface area contributed by atoms with Gasteiger partial charge in [-0.15, -0.1) is 0 Å². The summed E-state index contributed by atoms with van der Waals surface area (Å²) in [4.78, 5) is -0.372. The quantitative estimate of drug-likeness (QED) is 0.254. The third-order valence-electron chi connectivity index (χ3n) is 3.81. The Labute approximate surface area is 181 Å². The molecule has 0 saturated heterocycles. The summed E-state index contributed by atoms with van der Waals surface area (Å²) in [5, 5.41) is 10.9. The molecule has 29 heavy (non-hydrogen) atoms. The molecule has 11 heteroatoms. The van der Waals surface area contributed by atoms with Crippen molar-refractivity contribution in [3.05, 3.63) is 24.0 Å². The van der Waals surface area contributed by atoms with E-state index in [2.05, 4.69) is 20.7 Å². The van der Waals surface area contributed by atoms with Crippen LogP contribution in [0.1, 0.15) is 17.0 Å². The number of ether oxygens (including phenoxy) is 2. The molecule has 2 rings (SSSR count). The molecule has 1 atom stereocenters. The second-order valence-electron chi connectivity index (χ2n) is 7.21. The molecule has 2 aromatic rings. The summed E-state index contributed by atoms with van der Waals surface area (Å²) in [5.74, 6) is 1.84. The Morgan fingerprint density at radius 2 is 1.76 bits per heavy atom. The highest BCUT2D eigenvalue weighted by Crippen LogP contribution is 2.49. The lowest BCUT2D eigenvalue weighted by Gasteiger charge is -2.20.